The van der Waals surface area contributed by atoms with E-state index in [2.05, 4.69) is 0 Å². The van der Waals surface area contributed by atoms with E-state index in [9.17, 15) is 31.3 Å². The van der Waals surface area contributed by atoms with E-state index in [1.807, 2.05) is 4.90 Å². The van der Waals surface area contributed by atoms with Crippen LogP contribution in [0.1, 0.15) is 57.6 Å². The molecule has 0 bridgehead atoms. The second-order valence-electron chi connectivity index (χ2n) is 13.6. The fraction of sp³-hybridized carbons (Fsp3) is 0.195. The van der Waals surface area contributed by atoms with Crippen LogP contribution >= 0.6 is 7.14 Å². The summed E-state index contributed by atoms with van der Waals surface area (Å²) in [6.45, 7) is 7.15. The molecule has 4 nitrogen and oxygen atoms in total. The second kappa shape index (κ2) is 12.1. The van der Waals surface area contributed by atoms with Crippen molar-refractivity contribution in [2.75, 3.05) is 4.90 Å². The number of nitrogens with zero attached hydrogens (tertiary/aromatic N) is 1. The van der Waals surface area contributed by atoms with E-state index in [1.54, 1.807) is 113 Å². The van der Waals surface area contributed by atoms with Crippen LogP contribution in [0.2, 0.25) is 0 Å². The number of carbonyl (C=O) groups is 1. The Morgan fingerprint density at radius 1 is 0.804 bits per heavy atom. The van der Waals surface area contributed by atoms with Gasteiger partial charge in [0.25, 0.3) is 0 Å². The molecule has 0 saturated carbocycles. The van der Waals surface area contributed by atoms with Gasteiger partial charge >= 0.3 is 6.18 Å². The van der Waals surface area contributed by atoms with E-state index < -0.39 is 47.2 Å². The fourth-order valence-corrected chi connectivity index (χ4v) is 10.1. The van der Waals surface area contributed by atoms with Crippen molar-refractivity contribution >= 4 is 35.0 Å². The molecule has 0 amide bonds. The standard InChI is InChI=1S/C41H33F5NO3P/c1-25-19-27(20-26(2)37(25)38(48)51(49,30-11-7-5-8-12-30)31-13-9-6-10-14-31)24-47-35-16-15-29(41(44,45)46)22-32(35)39(3,4)40(47)18-17-28-21-33(42)34(43)23-36(28)50-40/h5-23H,24H2,1-4H3. The lowest BCUT2D eigenvalue weighted by atomic mass is 9.76. The number of hydrogen-bond donors (Lipinski definition) is 0. The SMILES string of the molecule is Cc1cc(CN2c3ccc(C(F)(F)F)cc3C(C)(C)C23C=Cc2cc(F)c(F)cc2O3)cc(C)c1C(=O)P(=O)(c1ccccc1)c1ccccc1. The van der Waals surface area contributed by atoms with Crippen molar-refractivity contribution in [3.63, 3.8) is 0 Å². The molecule has 5 aromatic carbocycles. The molecular formula is C41H33F5NO3P. The number of rotatable bonds is 6. The zero-order valence-corrected chi connectivity index (χ0v) is 29.1. The molecule has 0 aromatic heterocycles. The fourth-order valence-electron chi connectivity index (χ4n) is 7.49. The predicted molar refractivity (Wildman–Crippen MR) is 189 cm³/mol. The van der Waals surface area contributed by atoms with E-state index >= 15 is 0 Å². The van der Waals surface area contributed by atoms with Crippen LogP contribution in [0.5, 0.6) is 5.75 Å². The van der Waals surface area contributed by atoms with Crippen LogP contribution in [-0.2, 0) is 22.7 Å². The maximum Gasteiger partial charge on any atom is 0.416 e. The number of anilines is 1. The smallest absolute Gasteiger partial charge is 0.416 e. The van der Waals surface area contributed by atoms with Crippen LogP contribution in [0.25, 0.3) is 6.08 Å². The highest BCUT2D eigenvalue weighted by molar-refractivity contribution is 7.93. The first-order valence-electron chi connectivity index (χ1n) is 16.3. The Morgan fingerprint density at radius 2 is 1.37 bits per heavy atom. The highest BCUT2D eigenvalue weighted by Crippen LogP contribution is 2.56. The maximum atomic E-state index is 14.9. The van der Waals surface area contributed by atoms with E-state index in [1.165, 1.54) is 6.07 Å². The number of halogens is 5. The van der Waals surface area contributed by atoms with E-state index in [4.69, 9.17) is 4.74 Å². The van der Waals surface area contributed by atoms with Crippen LogP contribution in [0.4, 0.5) is 27.6 Å². The van der Waals surface area contributed by atoms with Crippen molar-refractivity contribution in [1.29, 1.82) is 0 Å². The molecule has 2 heterocycles. The Labute approximate surface area is 292 Å². The van der Waals surface area contributed by atoms with Crippen LogP contribution in [-0.4, -0.2) is 11.2 Å². The number of aryl methyl sites for hydroxylation is 2. The first-order valence-corrected chi connectivity index (χ1v) is 18.0. The quantitative estimate of drug-likeness (QED) is 0.130. The highest BCUT2D eigenvalue weighted by atomic mass is 31.2. The topological polar surface area (TPSA) is 46.6 Å². The lowest BCUT2D eigenvalue weighted by Gasteiger charge is -2.47. The molecule has 0 aliphatic carbocycles. The summed E-state index contributed by atoms with van der Waals surface area (Å²) in [7, 11) is -3.81. The normalized spacial score (nSPS) is 17.6. The van der Waals surface area contributed by atoms with Crippen molar-refractivity contribution in [3.8, 4) is 5.75 Å². The summed E-state index contributed by atoms with van der Waals surface area (Å²) in [5.74, 6) is -2.12. The van der Waals surface area contributed by atoms with Crippen LogP contribution in [0.3, 0.4) is 0 Å². The molecule has 1 unspecified atom stereocenters. The van der Waals surface area contributed by atoms with Gasteiger partial charge in [-0.05, 0) is 86.4 Å². The molecule has 2 aliphatic heterocycles. The summed E-state index contributed by atoms with van der Waals surface area (Å²) in [4.78, 5) is 16.3. The lowest BCUT2D eigenvalue weighted by molar-refractivity contribution is -0.137. The average molecular weight is 714 g/mol. The maximum absolute atomic E-state index is 14.9. The number of ether oxygens (including phenoxy) is 1. The van der Waals surface area contributed by atoms with Crippen LogP contribution in [0.15, 0.2) is 109 Å². The van der Waals surface area contributed by atoms with Gasteiger partial charge in [0.1, 0.15) is 5.75 Å². The van der Waals surface area contributed by atoms with E-state index in [0.29, 0.717) is 44.1 Å². The molecule has 260 valence electrons. The minimum atomic E-state index is -4.60. The molecule has 5 aromatic rings. The zero-order chi connectivity index (χ0) is 36.5. The number of carbonyl (C=O) groups excluding carboxylic acids is 1. The largest absolute Gasteiger partial charge is 0.463 e. The van der Waals surface area contributed by atoms with Gasteiger partial charge in [-0.3, -0.25) is 4.79 Å². The number of fused-ring (bicyclic) bond motifs is 2. The zero-order valence-electron chi connectivity index (χ0n) is 28.2. The monoisotopic (exact) mass is 713 g/mol. The molecule has 1 spiro atoms. The third-order valence-electron chi connectivity index (χ3n) is 10.1. The third kappa shape index (κ3) is 5.41. The van der Waals surface area contributed by atoms with Crippen molar-refractivity contribution in [2.45, 2.75) is 51.6 Å². The summed E-state index contributed by atoms with van der Waals surface area (Å²) < 4.78 is 92.1. The van der Waals surface area contributed by atoms with Gasteiger partial charge in [0, 0.05) is 40.0 Å². The molecule has 0 N–H and O–H groups in total. The minimum Gasteiger partial charge on any atom is -0.463 e. The summed E-state index contributed by atoms with van der Waals surface area (Å²) >= 11 is 0. The number of alkyl halides is 3. The average Bonchev–Trinajstić information content (AvgIpc) is 3.26. The Kier molecular flexibility index (Phi) is 8.14. The molecule has 0 radical (unpaired) electrons. The van der Waals surface area contributed by atoms with Crippen molar-refractivity contribution in [3.05, 3.63) is 160 Å². The minimum absolute atomic E-state index is 0.0456. The Morgan fingerprint density at radius 3 is 1.94 bits per heavy atom. The van der Waals surface area contributed by atoms with Crippen LogP contribution in [0, 0.1) is 25.5 Å². The molecular weight excluding hydrogens is 680 g/mol. The molecule has 0 fully saturated rings. The summed E-state index contributed by atoms with van der Waals surface area (Å²) in [5, 5.41) is 0.830. The Hall–Kier alpha value is -5.01. The van der Waals surface area contributed by atoms with Gasteiger partial charge in [-0.15, -0.1) is 0 Å². The number of benzene rings is 5. The van der Waals surface area contributed by atoms with E-state index in [0.717, 1.165) is 24.3 Å². The van der Waals surface area contributed by atoms with Crippen molar-refractivity contribution < 1.29 is 36.0 Å². The van der Waals surface area contributed by atoms with Gasteiger partial charge in [0.15, 0.2) is 11.6 Å². The summed E-state index contributed by atoms with van der Waals surface area (Å²) in [5.41, 5.74) is -0.617. The summed E-state index contributed by atoms with van der Waals surface area (Å²) in [6.07, 6.45) is -1.33. The Balaban J connectivity index is 1.34. The van der Waals surface area contributed by atoms with Gasteiger partial charge in [0.2, 0.25) is 18.4 Å². The lowest BCUT2D eigenvalue weighted by Crippen LogP contribution is -2.59. The van der Waals surface area contributed by atoms with Gasteiger partial charge in [-0.1, -0.05) is 72.8 Å². The molecule has 2 aliphatic rings. The first kappa shape index (κ1) is 34.4. The van der Waals surface area contributed by atoms with Gasteiger partial charge < -0.3 is 14.2 Å². The third-order valence-corrected chi connectivity index (χ3v) is 12.9. The molecule has 10 heteroatoms. The first-order chi connectivity index (χ1) is 24.1. The van der Waals surface area contributed by atoms with Gasteiger partial charge in [-0.2, -0.15) is 13.2 Å². The Bertz CT molecular complexity index is 2220. The summed E-state index contributed by atoms with van der Waals surface area (Å²) in [6, 6.07) is 26.4. The molecule has 51 heavy (non-hydrogen) atoms. The van der Waals surface area contributed by atoms with Crippen molar-refractivity contribution in [2.24, 2.45) is 0 Å². The molecule has 1 atom stereocenters. The molecule has 0 saturated heterocycles. The van der Waals surface area contributed by atoms with Crippen LogP contribution < -0.4 is 20.2 Å². The van der Waals surface area contributed by atoms with E-state index in [-0.39, 0.29) is 17.9 Å². The second-order valence-corrected chi connectivity index (χ2v) is 16.2. The van der Waals surface area contributed by atoms with Crippen molar-refractivity contribution in [1.82, 2.24) is 0 Å². The molecule has 7 rings (SSSR count). The predicted octanol–water partition coefficient (Wildman–Crippen LogP) is 9.85. The number of hydrogen-bond acceptors (Lipinski definition) is 4. The van der Waals surface area contributed by atoms with Gasteiger partial charge in [-0.25, -0.2) is 8.78 Å². The van der Waals surface area contributed by atoms with Gasteiger partial charge in [0.05, 0.1) is 11.0 Å². The highest BCUT2D eigenvalue weighted by Gasteiger charge is 2.59.